The first kappa shape index (κ1) is 16.2. The quantitative estimate of drug-likeness (QED) is 0.574. The highest BCUT2D eigenvalue weighted by molar-refractivity contribution is 5.96. The van der Waals surface area contributed by atoms with Gasteiger partial charge in [0, 0.05) is 33.9 Å². The predicted molar refractivity (Wildman–Crippen MR) is 77.0 cm³/mol. The van der Waals surface area contributed by atoms with E-state index < -0.39 is 0 Å². The fraction of sp³-hybridized carbons (Fsp3) is 0.467. The smallest absolute Gasteiger partial charge is 0.232 e. The zero-order valence-electron chi connectivity index (χ0n) is 12.1. The van der Waals surface area contributed by atoms with Crippen LogP contribution < -0.4 is 5.32 Å². The molecule has 5 heteroatoms. The van der Waals surface area contributed by atoms with Crippen LogP contribution >= 0.6 is 0 Å². The molecule has 1 N–H and O–H groups in total. The predicted octanol–water partition coefficient (Wildman–Crippen LogP) is 1.19. The molecule has 0 atom stereocenters. The lowest BCUT2D eigenvalue weighted by Crippen LogP contribution is -2.33. The number of carbonyl (C=O) groups excluding carboxylic acids is 2. The molecule has 0 fully saturated rings. The summed E-state index contributed by atoms with van der Waals surface area (Å²) in [5.74, 6) is -0.427. The molecule has 1 rings (SSSR count). The van der Waals surface area contributed by atoms with Gasteiger partial charge in [0.15, 0.2) is 0 Å². The second-order valence-electron chi connectivity index (χ2n) is 4.61. The first-order valence-electron chi connectivity index (χ1n) is 6.67. The van der Waals surface area contributed by atoms with Gasteiger partial charge in [0.1, 0.15) is 6.42 Å². The first-order chi connectivity index (χ1) is 9.63. The monoisotopic (exact) mass is 278 g/mol. The van der Waals surface area contributed by atoms with Crippen molar-refractivity contribution in [2.24, 2.45) is 0 Å². The maximum atomic E-state index is 11.9. The van der Waals surface area contributed by atoms with Gasteiger partial charge < -0.3 is 15.0 Å². The molecule has 0 aliphatic heterocycles. The van der Waals surface area contributed by atoms with E-state index in [1.165, 1.54) is 0 Å². The fourth-order valence-corrected chi connectivity index (χ4v) is 1.72. The maximum absolute atomic E-state index is 11.9. The Bertz CT molecular complexity index is 420. The Morgan fingerprint density at radius 3 is 2.60 bits per heavy atom. The number of hydrogen-bond acceptors (Lipinski definition) is 3. The SMILES string of the molecule is COCCCNC(=O)CC(=O)N(C)Cc1ccccc1. The number of hydrogen-bond donors (Lipinski definition) is 1. The third-order valence-corrected chi connectivity index (χ3v) is 2.85. The first-order valence-corrected chi connectivity index (χ1v) is 6.67. The lowest BCUT2D eigenvalue weighted by atomic mass is 10.2. The highest BCUT2D eigenvalue weighted by Crippen LogP contribution is 2.03. The van der Waals surface area contributed by atoms with E-state index >= 15 is 0 Å². The Labute approximate surface area is 119 Å². The van der Waals surface area contributed by atoms with E-state index in [2.05, 4.69) is 5.32 Å². The molecule has 0 aliphatic carbocycles. The van der Waals surface area contributed by atoms with Gasteiger partial charge in [-0.3, -0.25) is 9.59 Å². The molecule has 0 bridgehead atoms. The van der Waals surface area contributed by atoms with Crippen molar-refractivity contribution in [2.75, 3.05) is 27.3 Å². The standard InChI is InChI=1S/C15H22N2O3/c1-17(12-13-7-4-3-5-8-13)15(19)11-14(18)16-9-6-10-20-2/h3-5,7-8H,6,9-12H2,1-2H3,(H,16,18). The Balaban J connectivity index is 2.29. The zero-order valence-corrected chi connectivity index (χ0v) is 12.1. The molecule has 0 saturated heterocycles. The number of rotatable bonds is 8. The summed E-state index contributed by atoms with van der Waals surface area (Å²) < 4.78 is 4.88. The van der Waals surface area contributed by atoms with Gasteiger partial charge >= 0.3 is 0 Å². The molecular formula is C15H22N2O3. The fourth-order valence-electron chi connectivity index (χ4n) is 1.72. The van der Waals surface area contributed by atoms with Gasteiger partial charge in [-0.15, -0.1) is 0 Å². The zero-order chi connectivity index (χ0) is 14.8. The van der Waals surface area contributed by atoms with Crippen molar-refractivity contribution in [3.05, 3.63) is 35.9 Å². The Morgan fingerprint density at radius 1 is 1.25 bits per heavy atom. The van der Waals surface area contributed by atoms with Crippen LogP contribution in [-0.4, -0.2) is 44.0 Å². The van der Waals surface area contributed by atoms with E-state index in [9.17, 15) is 9.59 Å². The summed E-state index contributed by atoms with van der Waals surface area (Å²) in [6, 6.07) is 9.69. The van der Waals surface area contributed by atoms with Crippen molar-refractivity contribution >= 4 is 11.8 Å². The molecule has 0 unspecified atom stereocenters. The van der Waals surface area contributed by atoms with Crippen molar-refractivity contribution in [3.63, 3.8) is 0 Å². The average Bonchev–Trinajstić information content (AvgIpc) is 2.44. The second kappa shape index (κ2) is 9.09. The van der Waals surface area contributed by atoms with Crippen molar-refractivity contribution in [1.82, 2.24) is 10.2 Å². The van der Waals surface area contributed by atoms with Crippen LogP contribution in [0.4, 0.5) is 0 Å². The van der Waals surface area contributed by atoms with Gasteiger partial charge in [0.25, 0.3) is 0 Å². The van der Waals surface area contributed by atoms with Crippen LogP contribution in [0.15, 0.2) is 30.3 Å². The summed E-state index contributed by atoms with van der Waals surface area (Å²) >= 11 is 0. The molecule has 110 valence electrons. The number of nitrogens with zero attached hydrogens (tertiary/aromatic N) is 1. The number of ether oxygens (including phenoxy) is 1. The van der Waals surface area contributed by atoms with E-state index in [0.29, 0.717) is 19.7 Å². The molecule has 1 aromatic rings. The molecule has 0 aliphatic rings. The van der Waals surface area contributed by atoms with E-state index in [1.54, 1.807) is 19.1 Å². The van der Waals surface area contributed by atoms with Gasteiger partial charge in [0.2, 0.25) is 11.8 Å². The number of methoxy groups -OCH3 is 1. The summed E-state index contributed by atoms with van der Waals surface area (Å²) in [6.07, 6.45) is 0.632. The molecule has 0 radical (unpaired) electrons. The molecule has 0 saturated carbocycles. The Kier molecular flexibility index (Phi) is 7.35. The van der Waals surface area contributed by atoms with Crippen LogP contribution in [-0.2, 0) is 20.9 Å². The van der Waals surface area contributed by atoms with Crippen LogP contribution in [0.3, 0.4) is 0 Å². The number of nitrogens with one attached hydrogen (secondary N) is 1. The van der Waals surface area contributed by atoms with E-state index in [1.807, 2.05) is 30.3 Å². The maximum Gasteiger partial charge on any atom is 0.232 e. The van der Waals surface area contributed by atoms with Crippen LogP contribution in [0.5, 0.6) is 0 Å². The van der Waals surface area contributed by atoms with Crippen LogP contribution in [0.2, 0.25) is 0 Å². The summed E-state index contributed by atoms with van der Waals surface area (Å²) in [4.78, 5) is 25.0. The van der Waals surface area contributed by atoms with E-state index in [-0.39, 0.29) is 18.2 Å². The second-order valence-corrected chi connectivity index (χ2v) is 4.61. The van der Waals surface area contributed by atoms with Gasteiger partial charge in [-0.25, -0.2) is 0 Å². The minimum absolute atomic E-state index is 0.115. The average molecular weight is 278 g/mol. The molecule has 1 aromatic carbocycles. The lowest BCUT2D eigenvalue weighted by Gasteiger charge is -2.17. The minimum Gasteiger partial charge on any atom is -0.385 e. The molecule has 2 amide bonds. The number of benzene rings is 1. The summed E-state index contributed by atoms with van der Waals surface area (Å²) in [6.45, 7) is 1.64. The number of amides is 2. The van der Waals surface area contributed by atoms with Crippen LogP contribution in [0.25, 0.3) is 0 Å². The molecule has 0 heterocycles. The molecule has 0 spiro atoms. The minimum atomic E-state index is -0.244. The van der Waals surface area contributed by atoms with Crippen LogP contribution in [0.1, 0.15) is 18.4 Å². The topological polar surface area (TPSA) is 58.6 Å². The Hall–Kier alpha value is -1.88. The summed E-state index contributed by atoms with van der Waals surface area (Å²) in [7, 11) is 3.32. The summed E-state index contributed by atoms with van der Waals surface area (Å²) in [5, 5.41) is 2.70. The normalized spacial score (nSPS) is 10.1. The van der Waals surface area contributed by atoms with Gasteiger partial charge in [-0.05, 0) is 12.0 Å². The molecular weight excluding hydrogens is 256 g/mol. The Morgan fingerprint density at radius 2 is 1.95 bits per heavy atom. The van der Waals surface area contributed by atoms with E-state index in [4.69, 9.17) is 4.74 Å². The largest absolute Gasteiger partial charge is 0.385 e. The molecule has 20 heavy (non-hydrogen) atoms. The van der Waals surface area contributed by atoms with Crippen molar-refractivity contribution in [1.29, 1.82) is 0 Å². The summed E-state index contributed by atoms with van der Waals surface area (Å²) in [5.41, 5.74) is 1.05. The van der Waals surface area contributed by atoms with Crippen molar-refractivity contribution < 1.29 is 14.3 Å². The van der Waals surface area contributed by atoms with E-state index in [0.717, 1.165) is 12.0 Å². The van der Waals surface area contributed by atoms with Gasteiger partial charge in [0.05, 0.1) is 0 Å². The van der Waals surface area contributed by atoms with Crippen molar-refractivity contribution in [2.45, 2.75) is 19.4 Å². The van der Waals surface area contributed by atoms with Crippen LogP contribution in [0, 0.1) is 0 Å². The highest BCUT2D eigenvalue weighted by Gasteiger charge is 2.13. The number of carbonyl (C=O) groups is 2. The van der Waals surface area contributed by atoms with Gasteiger partial charge in [-0.2, -0.15) is 0 Å². The highest BCUT2D eigenvalue weighted by atomic mass is 16.5. The molecule has 0 aromatic heterocycles. The third-order valence-electron chi connectivity index (χ3n) is 2.85. The van der Waals surface area contributed by atoms with Crippen molar-refractivity contribution in [3.8, 4) is 0 Å². The lowest BCUT2D eigenvalue weighted by molar-refractivity contribution is -0.135. The van der Waals surface area contributed by atoms with Gasteiger partial charge in [-0.1, -0.05) is 30.3 Å². The molecule has 5 nitrogen and oxygen atoms in total. The third kappa shape index (κ3) is 6.33.